The van der Waals surface area contributed by atoms with Crippen molar-refractivity contribution in [2.24, 2.45) is 0 Å². The van der Waals surface area contributed by atoms with Gasteiger partial charge >= 0.3 is 0 Å². The molecule has 2 aromatic heterocycles. The molecule has 3 nitrogen and oxygen atoms in total. The quantitative estimate of drug-likeness (QED) is 0.160. The van der Waals surface area contributed by atoms with Gasteiger partial charge in [0.15, 0.2) is 0 Å². The van der Waals surface area contributed by atoms with Gasteiger partial charge < -0.3 is 4.57 Å². The maximum atomic E-state index is 5.58. The highest BCUT2D eigenvalue weighted by Crippen LogP contribution is 2.58. The average molecular weight is 804 g/mol. The molecule has 0 amide bonds. The molecule has 0 unspecified atom stereocenters. The summed E-state index contributed by atoms with van der Waals surface area (Å²) in [5.41, 5.74) is 16.4. The van der Waals surface area contributed by atoms with Crippen LogP contribution in [0.2, 0.25) is 0 Å². The Morgan fingerprint density at radius 1 is 0.333 bits per heavy atom. The molecule has 296 valence electrons. The lowest BCUT2D eigenvalue weighted by Gasteiger charge is -2.46. The third-order valence-corrected chi connectivity index (χ3v) is 12.8. The van der Waals surface area contributed by atoms with Crippen LogP contribution < -0.4 is 4.90 Å². The van der Waals surface area contributed by atoms with E-state index in [1.165, 1.54) is 44.1 Å². The molecule has 3 heteroatoms. The number of hydrogen-bond acceptors (Lipinski definition) is 2. The standard InChI is InChI=1S/C60H41N3/c1-6-20-42(21-7-1)46-39-54(43-22-8-2-9-23-43)61-59(41-46)63-57-33-19-17-31-52(57)60(47-24-10-3-11-25-47,48-26-12-4-13-27-48)53-36-34-45(40-58(53)63)44-35-37-56-51(38-44)50-30-16-18-32-55(50)62(56)49-28-14-5-15-29-49/h1-41H. The first kappa shape index (κ1) is 36.6. The van der Waals surface area contributed by atoms with Crippen LogP contribution >= 0.6 is 0 Å². The Morgan fingerprint density at radius 2 is 0.873 bits per heavy atom. The molecule has 0 bridgehead atoms. The molecule has 12 rings (SSSR count). The zero-order valence-electron chi connectivity index (χ0n) is 34.5. The normalized spacial score (nSPS) is 12.9. The number of fused-ring (bicyclic) bond motifs is 5. The summed E-state index contributed by atoms with van der Waals surface area (Å²) in [6.07, 6.45) is 0. The van der Waals surface area contributed by atoms with Crippen LogP contribution in [0.15, 0.2) is 249 Å². The number of benzene rings is 9. The fraction of sp³-hybridized carbons (Fsp3) is 0.0167. The van der Waals surface area contributed by atoms with Crippen molar-refractivity contribution in [2.45, 2.75) is 5.41 Å². The monoisotopic (exact) mass is 803 g/mol. The highest BCUT2D eigenvalue weighted by atomic mass is 15.2. The molecule has 63 heavy (non-hydrogen) atoms. The number of nitrogens with zero attached hydrogens (tertiary/aromatic N) is 3. The lowest BCUT2D eigenvalue weighted by molar-refractivity contribution is 0.730. The Morgan fingerprint density at radius 3 is 1.59 bits per heavy atom. The number of para-hydroxylation sites is 3. The number of anilines is 3. The Balaban J connectivity index is 1.15. The highest BCUT2D eigenvalue weighted by Gasteiger charge is 2.46. The van der Waals surface area contributed by atoms with E-state index in [9.17, 15) is 0 Å². The highest BCUT2D eigenvalue weighted by molar-refractivity contribution is 6.10. The van der Waals surface area contributed by atoms with Gasteiger partial charge in [0.1, 0.15) is 5.82 Å². The molecule has 0 saturated heterocycles. The van der Waals surface area contributed by atoms with Crippen LogP contribution in [0, 0.1) is 0 Å². The zero-order chi connectivity index (χ0) is 41.7. The van der Waals surface area contributed by atoms with Crippen LogP contribution in [-0.2, 0) is 5.41 Å². The molecular weight excluding hydrogens is 763 g/mol. The minimum absolute atomic E-state index is 0.629. The maximum absolute atomic E-state index is 5.58. The van der Waals surface area contributed by atoms with E-state index in [-0.39, 0.29) is 0 Å². The lowest BCUT2D eigenvalue weighted by atomic mass is 9.62. The van der Waals surface area contributed by atoms with Crippen LogP contribution in [0.5, 0.6) is 0 Å². The Hall–Kier alpha value is -8.27. The number of pyridine rings is 1. The van der Waals surface area contributed by atoms with Crippen molar-refractivity contribution in [2.75, 3.05) is 4.90 Å². The second kappa shape index (κ2) is 15.0. The summed E-state index contributed by atoms with van der Waals surface area (Å²) in [5, 5.41) is 2.45. The van der Waals surface area contributed by atoms with Gasteiger partial charge in [0.2, 0.25) is 0 Å². The van der Waals surface area contributed by atoms with Gasteiger partial charge in [-0.2, -0.15) is 0 Å². The molecule has 3 heterocycles. The molecular formula is C60H41N3. The van der Waals surface area contributed by atoms with E-state index in [1.807, 2.05) is 0 Å². The van der Waals surface area contributed by atoms with Crippen molar-refractivity contribution < 1.29 is 0 Å². The van der Waals surface area contributed by atoms with Crippen molar-refractivity contribution in [3.63, 3.8) is 0 Å². The Kier molecular flexibility index (Phi) is 8.72. The maximum Gasteiger partial charge on any atom is 0.138 e. The predicted molar refractivity (Wildman–Crippen MR) is 261 cm³/mol. The molecule has 0 atom stereocenters. The van der Waals surface area contributed by atoms with E-state index < -0.39 is 5.41 Å². The molecule has 0 saturated carbocycles. The zero-order valence-corrected chi connectivity index (χ0v) is 34.5. The van der Waals surface area contributed by atoms with E-state index in [0.717, 1.165) is 56.4 Å². The summed E-state index contributed by atoms with van der Waals surface area (Å²) in [5.74, 6) is 0.858. The van der Waals surface area contributed by atoms with Gasteiger partial charge in [-0.3, -0.25) is 4.90 Å². The predicted octanol–water partition coefficient (Wildman–Crippen LogP) is 15.3. The Labute approximate surface area is 367 Å². The number of aromatic nitrogens is 2. The topological polar surface area (TPSA) is 21.1 Å². The van der Waals surface area contributed by atoms with Crippen molar-refractivity contribution in [3.8, 4) is 39.2 Å². The van der Waals surface area contributed by atoms with E-state index in [0.29, 0.717) is 0 Å². The molecule has 0 radical (unpaired) electrons. The van der Waals surface area contributed by atoms with Crippen molar-refractivity contribution in [1.29, 1.82) is 0 Å². The molecule has 0 spiro atoms. The SMILES string of the molecule is c1ccc(-c2cc(-c3ccccc3)nc(N3c4ccccc4C(c4ccccc4)(c4ccccc4)c4ccc(-c5ccc6c(c5)c5ccccc5n6-c5ccccc5)cc43)c2)cc1. The third kappa shape index (κ3) is 5.93. The van der Waals surface area contributed by atoms with Gasteiger partial charge in [-0.1, -0.05) is 194 Å². The smallest absolute Gasteiger partial charge is 0.138 e. The minimum Gasteiger partial charge on any atom is -0.309 e. The van der Waals surface area contributed by atoms with E-state index in [4.69, 9.17) is 4.98 Å². The summed E-state index contributed by atoms with van der Waals surface area (Å²) in [6.45, 7) is 0. The van der Waals surface area contributed by atoms with Crippen molar-refractivity contribution in [3.05, 3.63) is 271 Å². The van der Waals surface area contributed by atoms with E-state index in [1.54, 1.807) is 0 Å². The summed E-state index contributed by atoms with van der Waals surface area (Å²) in [4.78, 5) is 7.99. The fourth-order valence-corrected chi connectivity index (χ4v) is 10.1. The number of rotatable bonds is 7. The van der Waals surface area contributed by atoms with Gasteiger partial charge in [-0.25, -0.2) is 4.98 Å². The van der Waals surface area contributed by atoms with E-state index >= 15 is 0 Å². The molecule has 11 aromatic rings. The molecule has 0 fully saturated rings. The fourth-order valence-electron chi connectivity index (χ4n) is 10.1. The van der Waals surface area contributed by atoms with Crippen LogP contribution in [0.4, 0.5) is 17.2 Å². The summed E-state index contributed by atoms with van der Waals surface area (Å²) >= 11 is 0. The second-order valence-corrected chi connectivity index (χ2v) is 16.3. The number of hydrogen-bond donors (Lipinski definition) is 0. The van der Waals surface area contributed by atoms with E-state index in [2.05, 4.69) is 258 Å². The van der Waals surface area contributed by atoms with Gasteiger partial charge in [0.05, 0.1) is 33.5 Å². The Bertz CT molecular complexity index is 3330. The van der Waals surface area contributed by atoms with Crippen LogP contribution in [0.3, 0.4) is 0 Å². The summed E-state index contributed by atoms with van der Waals surface area (Å²) in [6, 6.07) is 90.2. The van der Waals surface area contributed by atoms with Crippen LogP contribution in [0.25, 0.3) is 61.0 Å². The summed E-state index contributed by atoms with van der Waals surface area (Å²) < 4.78 is 2.38. The van der Waals surface area contributed by atoms with Crippen LogP contribution in [0.1, 0.15) is 22.3 Å². The lowest BCUT2D eigenvalue weighted by Crippen LogP contribution is -2.38. The minimum atomic E-state index is -0.629. The third-order valence-electron chi connectivity index (χ3n) is 12.8. The average Bonchev–Trinajstić information content (AvgIpc) is 3.70. The van der Waals surface area contributed by atoms with Gasteiger partial charge in [-0.15, -0.1) is 0 Å². The first-order chi connectivity index (χ1) is 31.3. The first-order valence-electron chi connectivity index (χ1n) is 21.6. The molecule has 9 aromatic carbocycles. The first-order valence-corrected chi connectivity index (χ1v) is 21.6. The second-order valence-electron chi connectivity index (χ2n) is 16.3. The molecule has 0 N–H and O–H groups in total. The largest absolute Gasteiger partial charge is 0.309 e. The molecule has 1 aliphatic heterocycles. The molecule has 1 aliphatic rings. The van der Waals surface area contributed by atoms with Gasteiger partial charge in [-0.05, 0) is 99.1 Å². The van der Waals surface area contributed by atoms with Crippen molar-refractivity contribution in [1.82, 2.24) is 9.55 Å². The molecule has 0 aliphatic carbocycles. The van der Waals surface area contributed by atoms with Gasteiger partial charge in [0.25, 0.3) is 0 Å². The van der Waals surface area contributed by atoms with Crippen molar-refractivity contribution >= 4 is 39.0 Å². The van der Waals surface area contributed by atoms with Crippen LogP contribution in [-0.4, -0.2) is 9.55 Å². The van der Waals surface area contributed by atoms with Gasteiger partial charge in [0, 0.05) is 22.0 Å². The summed E-state index contributed by atoms with van der Waals surface area (Å²) in [7, 11) is 0.